The lowest BCUT2D eigenvalue weighted by molar-refractivity contribution is -0.0837. The van der Waals surface area contributed by atoms with Crippen LogP contribution >= 0.6 is 0 Å². The van der Waals surface area contributed by atoms with Crippen LogP contribution in [0.15, 0.2) is 0 Å². The van der Waals surface area contributed by atoms with Gasteiger partial charge in [0.05, 0.1) is 12.7 Å². The summed E-state index contributed by atoms with van der Waals surface area (Å²) in [5.41, 5.74) is 0.110. The molecule has 0 bridgehead atoms. The number of amides is 2. The maximum atomic E-state index is 11.6. The molecule has 0 saturated carbocycles. The lowest BCUT2D eigenvalue weighted by Crippen LogP contribution is -2.47. The summed E-state index contributed by atoms with van der Waals surface area (Å²) in [7, 11) is 1.62. The quantitative estimate of drug-likeness (QED) is 0.750. The normalized spacial score (nSPS) is 24.0. The van der Waals surface area contributed by atoms with Gasteiger partial charge in [-0.3, -0.25) is 0 Å². The zero-order valence-electron chi connectivity index (χ0n) is 12.6. The van der Waals surface area contributed by atoms with Crippen LogP contribution in [0, 0.1) is 11.3 Å². The topological polar surface area (TPSA) is 59.6 Å². The summed E-state index contributed by atoms with van der Waals surface area (Å²) in [6.45, 7) is 9.13. The first-order valence-electron chi connectivity index (χ1n) is 7.07. The highest BCUT2D eigenvalue weighted by atomic mass is 16.5. The fourth-order valence-corrected chi connectivity index (χ4v) is 2.56. The first kappa shape index (κ1) is 16.2. The molecule has 2 amide bonds. The number of rotatable bonds is 5. The smallest absolute Gasteiger partial charge is 0.314 e. The summed E-state index contributed by atoms with van der Waals surface area (Å²) in [6.07, 6.45) is 2.39. The van der Waals surface area contributed by atoms with Crippen molar-refractivity contribution in [2.75, 3.05) is 33.4 Å². The monoisotopic (exact) mass is 272 g/mol. The molecular weight excluding hydrogens is 244 g/mol. The van der Waals surface area contributed by atoms with E-state index in [0.29, 0.717) is 25.6 Å². The number of nitrogens with one attached hydrogen (secondary N) is 2. The van der Waals surface area contributed by atoms with Crippen LogP contribution in [-0.4, -0.2) is 45.5 Å². The Morgan fingerprint density at radius 2 is 2.11 bits per heavy atom. The number of hydrogen-bond acceptors (Lipinski definition) is 3. The third-order valence-corrected chi connectivity index (χ3v) is 3.41. The molecule has 2 N–H and O–H groups in total. The number of hydrogen-bond donors (Lipinski definition) is 2. The molecular formula is C14H28N2O3. The molecule has 0 radical (unpaired) electrons. The fourth-order valence-electron chi connectivity index (χ4n) is 2.56. The number of carbonyl (C=O) groups excluding carboxylic acids is 1. The van der Waals surface area contributed by atoms with E-state index in [9.17, 15) is 4.79 Å². The Hall–Kier alpha value is -0.810. The Balaban J connectivity index is 2.35. The van der Waals surface area contributed by atoms with Gasteiger partial charge in [0.15, 0.2) is 0 Å². The van der Waals surface area contributed by atoms with Crippen molar-refractivity contribution in [3.8, 4) is 0 Å². The summed E-state index contributed by atoms with van der Waals surface area (Å²) >= 11 is 0. The third kappa shape index (κ3) is 5.78. The molecule has 112 valence electrons. The molecule has 0 spiro atoms. The van der Waals surface area contributed by atoms with Crippen LogP contribution in [-0.2, 0) is 9.47 Å². The van der Waals surface area contributed by atoms with Crippen molar-refractivity contribution in [1.29, 1.82) is 0 Å². The lowest BCUT2D eigenvalue weighted by Gasteiger charge is -2.40. The zero-order valence-corrected chi connectivity index (χ0v) is 12.6. The van der Waals surface area contributed by atoms with E-state index in [0.717, 1.165) is 19.4 Å². The fraction of sp³-hybridized carbons (Fsp3) is 0.929. The molecule has 1 saturated heterocycles. The second-order valence-electron chi connectivity index (χ2n) is 6.19. The van der Waals surface area contributed by atoms with Gasteiger partial charge in [-0.05, 0) is 18.3 Å². The number of urea groups is 1. The molecule has 1 heterocycles. The van der Waals surface area contributed by atoms with Crippen LogP contribution < -0.4 is 10.6 Å². The number of ether oxygens (including phenoxy) is 2. The molecule has 0 unspecified atom stereocenters. The van der Waals surface area contributed by atoms with E-state index in [4.69, 9.17) is 9.47 Å². The van der Waals surface area contributed by atoms with Crippen molar-refractivity contribution in [2.24, 2.45) is 11.3 Å². The summed E-state index contributed by atoms with van der Waals surface area (Å²) in [5.74, 6) is 0.391. The van der Waals surface area contributed by atoms with Gasteiger partial charge in [-0.2, -0.15) is 0 Å². The summed E-state index contributed by atoms with van der Waals surface area (Å²) < 4.78 is 10.8. The van der Waals surface area contributed by atoms with E-state index in [1.807, 2.05) is 0 Å². The predicted molar refractivity (Wildman–Crippen MR) is 75.2 cm³/mol. The Kier molecular flexibility index (Phi) is 6.58. The molecule has 0 aromatic rings. The lowest BCUT2D eigenvalue weighted by atomic mass is 9.78. The maximum Gasteiger partial charge on any atom is 0.314 e. The van der Waals surface area contributed by atoms with Crippen LogP contribution in [0.3, 0.4) is 0 Å². The molecule has 2 atom stereocenters. The Morgan fingerprint density at radius 3 is 2.74 bits per heavy atom. The van der Waals surface area contributed by atoms with Gasteiger partial charge >= 0.3 is 6.03 Å². The highest BCUT2D eigenvalue weighted by Crippen LogP contribution is 2.33. The standard InChI is InChI=1S/C14H28N2O3/c1-14(2,3)12-11(6-5-8-19-12)10-16-13(17)15-7-9-18-4/h11-12H,5-10H2,1-4H3,(H2,15,16,17)/t11-,12-/m1/s1. The van der Waals surface area contributed by atoms with E-state index in [1.165, 1.54) is 0 Å². The number of methoxy groups -OCH3 is 1. The van der Waals surface area contributed by atoms with E-state index in [1.54, 1.807) is 7.11 Å². The van der Waals surface area contributed by atoms with E-state index < -0.39 is 0 Å². The molecule has 19 heavy (non-hydrogen) atoms. The Labute approximate surface area is 116 Å². The van der Waals surface area contributed by atoms with Gasteiger partial charge in [0.25, 0.3) is 0 Å². The molecule has 0 aromatic heterocycles. The summed E-state index contributed by atoms with van der Waals surface area (Å²) in [6, 6.07) is -0.129. The molecule has 1 aliphatic rings. The highest BCUT2D eigenvalue weighted by molar-refractivity contribution is 5.73. The van der Waals surface area contributed by atoms with Crippen LogP contribution in [0.5, 0.6) is 0 Å². The van der Waals surface area contributed by atoms with Crippen molar-refractivity contribution in [3.05, 3.63) is 0 Å². The molecule has 1 rings (SSSR count). The minimum Gasteiger partial charge on any atom is -0.383 e. The predicted octanol–water partition coefficient (Wildman–Crippen LogP) is 1.77. The van der Waals surface area contributed by atoms with Crippen molar-refractivity contribution < 1.29 is 14.3 Å². The highest BCUT2D eigenvalue weighted by Gasteiger charge is 2.35. The molecule has 0 aliphatic carbocycles. The number of carbonyl (C=O) groups is 1. The molecule has 5 nitrogen and oxygen atoms in total. The van der Waals surface area contributed by atoms with Crippen molar-refractivity contribution in [1.82, 2.24) is 10.6 Å². The maximum absolute atomic E-state index is 11.6. The first-order valence-corrected chi connectivity index (χ1v) is 7.07. The van der Waals surface area contributed by atoms with Crippen LogP contribution in [0.4, 0.5) is 4.79 Å². The van der Waals surface area contributed by atoms with Gasteiger partial charge in [0, 0.05) is 32.7 Å². The van der Waals surface area contributed by atoms with Crippen molar-refractivity contribution in [3.63, 3.8) is 0 Å². The van der Waals surface area contributed by atoms with Crippen molar-refractivity contribution in [2.45, 2.75) is 39.7 Å². The molecule has 1 aliphatic heterocycles. The Morgan fingerprint density at radius 1 is 1.37 bits per heavy atom. The minimum absolute atomic E-state index is 0.110. The van der Waals surface area contributed by atoms with E-state index >= 15 is 0 Å². The first-order chi connectivity index (χ1) is 8.95. The van der Waals surface area contributed by atoms with Crippen LogP contribution in [0.25, 0.3) is 0 Å². The minimum atomic E-state index is -0.129. The van der Waals surface area contributed by atoms with Gasteiger partial charge in [-0.1, -0.05) is 20.8 Å². The van der Waals surface area contributed by atoms with Crippen molar-refractivity contribution >= 4 is 6.03 Å². The third-order valence-electron chi connectivity index (χ3n) is 3.41. The Bertz CT molecular complexity index is 276. The second kappa shape index (κ2) is 7.70. The van der Waals surface area contributed by atoms with Gasteiger partial charge in [0.1, 0.15) is 0 Å². The van der Waals surface area contributed by atoms with E-state index in [2.05, 4.69) is 31.4 Å². The zero-order chi connectivity index (χ0) is 14.3. The SMILES string of the molecule is COCCNC(=O)NC[C@H]1CCCO[C@H]1C(C)(C)C. The molecule has 1 fully saturated rings. The van der Waals surface area contributed by atoms with Gasteiger partial charge in [-0.15, -0.1) is 0 Å². The average molecular weight is 272 g/mol. The summed E-state index contributed by atoms with van der Waals surface area (Å²) in [5, 5.41) is 5.69. The van der Waals surface area contributed by atoms with Gasteiger partial charge in [-0.25, -0.2) is 4.79 Å². The second-order valence-corrected chi connectivity index (χ2v) is 6.19. The van der Waals surface area contributed by atoms with Gasteiger partial charge in [0.2, 0.25) is 0 Å². The summed E-state index contributed by atoms with van der Waals surface area (Å²) in [4.78, 5) is 11.6. The van der Waals surface area contributed by atoms with Crippen LogP contribution in [0.1, 0.15) is 33.6 Å². The van der Waals surface area contributed by atoms with Gasteiger partial charge < -0.3 is 20.1 Å². The molecule has 5 heteroatoms. The van der Waals surface area contributed by atoms with E-state index in [-0.39, 0.29) is 17.6 Å². The largest absolute Gasteiger partial charge is 0.383 e. The van der Waals surface area contributed by atoms with Crippen LogP contribution in [0.2, 0.25) is 0 Å². The average Bonchev–Trinajstić information content (AvgIpc) is 2.36. The molecule has 0 aromatic carbocycles.